The molecule has 2 heteroatoms. The van der Waals surface area contributed by atoms with Crippen molar-refractivity contribution in [2.24, 2.45) is 11.7 Å². The van der Waals surface area contributed by atoms with E-state index in [2.05, 4.69) is 0 Å². The predicted octanol–water partition coefficient (Wildman–Crippen LogP) is 2.97. The lowest BCUT2D eigenvalue weighted by atomic mass is 9.81. The average Bonchev–Trinajstić information content (AvgIpc) is 2.30. The summed E-state index contributed by atoms with van der Waals surface area (Å²) in [4.78, 5) is 0. The molecule has 0 aliphatic heterocycles. The lowest BCUT2D eigenvalue weighted by Gasteiger charge is -2.27. The number of phenols is 1. The van der Waals surface area contributed by atoms with Crippen LogP contribution in [0, 0.1) is 5.92 Å². The van der Waals surface area contributed by atoms with Gasteiger partial charge < -0.3 is 10.8 Å². The van der Waals surface area contributed by atoms with Crippen molar-refractivity contribution in [3.8, 4) is 5.75 Å². The number of phenolic OH excluding ortho intramolecular Hbond substituents is 1. The number of aromatic hydroxyl groups is 1. The molecule has 1 aliphatic rings. The SMILES string of the molecule is NC(c1ccc(O)cc1)C1CCCCC1. The van der Waals surface area contributed by atoms with Crippen molar-refractivity contribution in [3.63, 3.8) is 0 Å². The van der Waals surface area contributed by atoms with Gasteiger partial charge in [0.15, 0.2) is 0 Å². The Labute approximate surface area is 91.1 Å². The first-order valence-corrected chi connectivity index (χ1v) is 5.82. The Morgan fingerprint density at radius 1 is 1.07 bits per heavy atom. The Balaban J connectivity index is 2.05. The third kappa shape index (κ3) is 2.51. The molecular weight excluding hydrogens is 186 g/mol. The van der Waals surface area contributed by atoms with Crippen LogP contribution in [-0.2, 0) is 0 Å². The van der Waals surface area contributed by atoms with E-state index in [4.69, 9.17) is 5.73 Å². The summed E-state index contributed by atoms with van der Waals surface area (Å²) in [6.45, 7) is 0. The van der Waals surface area contributed by atoms with E-state index in [1.165, 1.54) is 32.1 Å². The van der Waals surface area contributed by atoms with E-state index < -0.39 is 0 Å². The van der Waals surface area contributed by atoms with Crippen molar-refractivity contribution in [3.05, 3.63) is 29.8 Å². The van der Waals surface area contributed by atoms with Gasteiger partial charge in [-0.2, -0.15) is 0 Å². The Bertz CT molecular complexity index is 301. The van der Waals surface area contributed by atoms with Gasteiger partial charge in [-0.05, 0) is 36.5 Å². The number of hydrogen-bond acceptors (Lipinski definition) is 2. The van der Waals surface area contributed by atoms with Crippen LogP contribution < -0.4 is 5.73 Å². The van der Waals surface area contributed by atoms with Gasteiger partial charge in [-0.15, -0.1) is 0 Å². The molecule has 1 unspecified atom stereocenters. The quantitative estimate of drug-likeness (QED) is 0.779. The second-order valence-corrected chi connectivity index (χ2v) is 4.52. The number of benzene rings is 1. The summed E-state index contributed by atoms with van der Waals surface area (Å²) in [6.07, 6.45) is 6.50. The number of nitrogens with two attached hydrogens (primary N) is 1. The summed E-state index contributed by atoms with van der Waals surface area (Å²) >= 11 is 0. The van der Waals surface area contributed by atoms with Gasteiger partial charge in [-0.1, -0.05) is 31.4 Å². The molecule has 15 heavy (non-hydrogen) atoms. The molecule has 1 fully saturated rings. The molecule has 2 rings (SSSR count). The zero-order chi connectivity index (χ0) is 10.7. The number of hydrogen-bond donors (Lipinski definition) is 2. The van der Waals surface area contributed by atoms with Crippen LogP contribution in [0.5, 0.6) is 5.75 Å². The Hall–Kier alpha value is -1.02. The van der Waals surface area contributed by atoms with Gasteiger partial charge in [-0.25, -0.2) is 0 Å². The van der Waals surface area contributed by atoms with Crippen molar-refractivity contribution >= 4 is 0 Å². The van der Waals surface area contributed by atoms with Crippen molar-refractivity contribution in [1.82, 2.24) is 0 Å². The largest absolute Gasteiger partial charge is 0.508 e. The molecule has 1 aromatic rings. The van der Waals surface area contributed by atoms with Crippen molar-refractivity contribution in [2.45, 2.75) is 38.1 Å². The van der Waals surface area contributed by atoms with Crippen LogP contribution in [0.15, 0.2) is 24.3 Å². The van der Waals surface area contributed by atoms with Crippen LogP contribution in [0.25, 0.3) is 0 Å². The van der Waals surface area contributed by atoms with Crippen LogP contribution in [0.4, 0.5) is 0 Å². The average molecular weight is 205 g/mol. The molecule has 0 amide bonds. The highest BCUT2D eigenvalue weighted by molar-refractivity contribution is 5.28. The van der Waals surface area contributed by atoms with E-state index in [0.717, 1.165) is 5.56 Å². The van der Waals surface area contributed by atoms with E-state index >= 15 is 0 Å². The first kappa shape index (κ1) is 10.5. The Kier molecular flexibility index (Phi) is 3.27. The zero-order valence-electron chi connectivity index (χ0n) is 9.02. The molecule has 0 heterocycles. The number of rotatable bonds is 2. The molecule has 0 bridgehead atoms. The maximum Gasteiger partial charge on any atom is 0.115 e. The maximum absolute atomic E-state index is 9.21. The highest BCUT2D eigenvalue weighted by atomic mass is 16.3. The summed E-state index contributed by atoms with van der Waals surface area (Å²) in [5.74, 6) is 0.942. The van der Waals surface area contributed by atoms with Crippen molar-refractivity contribution in [1.29, 1.82) is 0 Å². The fourth-order valence-corrected chi connectivity index (χ4v) is 2.46. The molecule has 1 saturated carbocycles. The van der Waals surface area contributed by atoms with Crippen LogP contribution in [0.2, 0.25) is 0 Å². The van der Waals surface area contributed by atoms with Gasteiger partial charge in [0.1, 0.15) is 5.75 Å². The summed E-state index contributed by atoms with van der Waals surface area (Å²) in [5, 5.41) is 9.21. The normalized spacial score (nSPS) is 20.1. The van der Waals surface area contributed by atoms with E-state index in [9.17, 15) is 5.11 Å². The molecule has 3 N–H and O–H groups in total. The molecular formula is C13H19NO. The maximum atomic E-state index is 9.21. The molecule has 2 nitrogen and oxygen atoms in total. The summed E-state index contributed by atoms with van der Waals surface area (Å²) < 4.78 is 0. The van der Waals surface area contributed by atoms with Crippen molar-refractivity contribution in [2.75, 3.05) is 0 Å². The smallest absolute Gasteiger partial charge is 0.115 e. The molecule has 0 spiro atoms. The van der Waals surface area contributed by atoms with Gasteiger partial charge in [-0.3, -0.25) is 0 Å². The third-order valence-electron chi connectivity index (χ3n) is 3.44. The van der Waals surface area contributed by atoms with Crippen LogP contribution in [0.1, 0.15) is 43.7 Å². The second kappa shape index (κ2) is 4.67. The monoisotopic (exact) mass is 205 g/mol. The third-order valence-corrected chi connectivity index (χ3v) is 3.44. The van der Waals surface area contributed by atoms with E-state index in [1.807, 2.05) is 12.1 Å². The summed E-state index contributed by atoms with van der Waals surface area (Å²) in [5.41, 5.74) is 7.39. The van der Waals surface area contributed by atoms with Crippen LogP contribution in [-0.4, -0.2) is 5.11 Å². The van der Waals surface area contributed by atoms with Gasteiger partial charge in [0.2, 0.25) is 0 Å². The van der Waals surface area contributed by atoms with Gasteiger partial charge in [0, 0.05) is 6.04 Å². The summed E-state index contributed by atoms with van der Waals surface area (Å²) in [7, 11) is 0. The molecule has 0 aromatic heterocycles. The predicted molar refractivity (Wildman–Crippen MR) is 61.6 cm³/mol. The minimum atomic E-state index is 0.144. The molecule has 0 saturated heterocycles. The van der Waals surface area contributed by atoms with Gasteiger partial charge >= 0.3 is 0 Å². The summed E-state index contributed by atoms with van der Waals surface area (Å²) in [6, 6.07) is 7.46. The lowest BCUT2D eigenvalue weighted by molar-refractivity contribution is 0.308. The van der Waals surface area contributed by atoms with Crippen LogP contribution in [0.3, 0.4) is 0 Å². The first-order chi connectivity index (χ1) is 7.27. The highest BCUT2D eigenvalue weighted by Crippen LogP contribution is 2.33. The Morgan fingerprint density at radius 2 is 1.67 bits per heavy atom. The lowest BCUT2D eigenvalue weighted by Crippen LogP contribution is -2.23. The molecule has 1 aliphatic carbocycles. The standard InChI is InChI=1S/C13H19NO/c14-13(10-4-2-1-3-5-10)11-6-8-12(15)9-7-11/h6-10,13,15H,1-5,14H2. The van der Waals surface area contributed by atoms with Gasteiger partial charge in [0.05, 0.1) is 0 Å². The topological polar surface area (TPSA) is 46.2 Å². The molecule has 0 radical (unpaired) electrons. The minimum Gasteiger partial charge on any atom is -0.508 e. The van der Waals surface area contributed by atoms with E-state index in [0.29, 0.717) is 11.7 Å². The Morgan fingerprint density at radius 3 is 2.27 bits per heavy atom. The van der Waals surface area contributed by atoms with Crippen LogP contribution >= 0.6 is 0 Å². The van der Waals surface area contributed by atoms with Gasteiger partial charge in [0.25, 0.3) is 0 Å². The molecule has 1 aromatic carbocycles. The zero-order valence-corrected chi connectivity index (χ0v) is 9.02. The highest BCUT2D eigenvalue weighted by Gasteiger charge is 2.21. The minimum absolute atomic E-state index is 0.144. The van der Waals surface area contributed by atoms with E-state index in [1.54, 1.807) is 12.1 Å². The fourth-order valence-electron chi connectivity index (χ4n) is 2.46. The first-order valence-electron chi connectivity index (χ1n) is 5.82. The van der Waals surface area contributed by atoms with E-state index in [-0.39, 0.29) is 6.04 Å². The molecule has 1 atom stereocenters. The van der Waals surface area contributed by atoms with Crippen molar-refractivity contribution < 1.29 is 5.11 Å². The fraction of sp³-hybridized carbons (Fsp3) is 0.538. The molecule has 82 valence electrons. The second-order valence-electron chi connectivity index (χ2n) is 4.52.